The van der Waals surface area contributed by atoms with Crippen LogP contribution in [0, 0.1) is 0 Å². The van der Waals surface area contributed by atoms with Crippen LogP contribution in [0.1, 0.15) is 13.3 Å². The molecule has 0 aromatic carbocycles. The van der Waals surface area contributed by atoms with Crippen molar-refractivity contribution in [3.05, 3.63) is 23.5 Å². The van der Waals surface area contributed by atoms with Gasteiger partial charge >= 0.3 is 0 Å². The molecule has 0 unspecified atom stereocenters. The summed E-state index contributed by atoms with van der Waals surface area (Å²) in [6, 6.07) is 0. The van der Waals surface area contributed by atoms with Gasteiger partial charge in [0.2, 0.25) is 5.78 Å². The zero-order valence-electron chi connectivity index (χ0n) is 6.13. The molecule has 1 aliphatic rings. The molecule has 0 aromatic heterocycles. The van der Waals surface area contributed by atoms with Crippen molar-refractivity contribution in [1.29, 1.82) is 0 Å². The van der Waals surface area contributed by atoms with Gasteiger partial charge in [0.15, 0.2) is 11.5 Å². The topological polar surface area (TPSA) is 54.4 Å². The number of aliphatic hydroxyl groups is 1. The Kier molecular flexibility index (Phi) is 1.89. The highest BCUT2D eigenvalue weighted by atomic mass is 16.3. The molecule has 3 nitrogen and oxygen atoms in total. The minimum Gasteiger partial charge on any atom is -0.504 e. The maximum absolute atomic E-state index is 11.0. The second-order valence-corrected chi connectivity index (χ2v) is 2.28. The number of hydrogen-bond donors (Lipinski definition) is 1. The summed E-state index contributed by atoms with van der Waals surface area (Å²) in [4.78, 5) is 21.7. The van der Waals surface area contributed by atoms with E-state index < -0.39 is 11.5 Å². The summed E-state index contributed by atoms with van der Waals surface area (Å²) >= 11 is 0. The molecule has 0 saturated carbocycles. The third kappa shape index (κ3) is 1.37. The molecule has 3 heteroatoms. The zero-order chi connectivity index (χ0) is 8.43. The first-order chi connectivity index (χ1) is 5.15. The van der Waals surface area contributed by atoms with Crippen molar-refractivity contribution < 1.29 is 14.7 Å². The Bertz CT molecular complexity index is 271. The molecule has 0 heterocycles. The number of hydrogen-bond acceptors (Lipinski definition) is 3. The molecule has 0 spiro atoms. The van der Waals surface area contributed by atoms with Crippen molar-refractivity contribution in [3.63, 3.8) is 0 Å². The number of carbonyl (C=O) groups is 2. The monoisotopic (exact) mass is 152 g/mol. The maximum atomic E-state index is 11.0. The van der Waals surface area contributed by atoms with Gasteiger partial charge in [-0.25, -0.2) is 0 Å². The molecule has 0 amide bonds. The fourth-order valence-corrected chi connectivity index (χ4v) is 0.906. The van der Waals surface area contributed by atoms with Crippen molar-refractivity contribution in [3.8, 4) is 0 Å². The standard InChI is InChI=1S/C8H8O3/c1-2-5-3-6(9)4-7(10)8(5)11/h3-4,10H,2H2,1H3. The molecule has 1 N–H and O–H groups in total. The van der Waals surface area contributed by atoms with Crippen molar-refractivity contribution in [2.24, 2.45) is 0 Å². The molecule has 0 radical (unpaired) electrons. The Labute approximate surface area is 64.0 Å². The number of ketones is 2. The van der Waals surface area contributed by atoms with Gasteiger partial charge in [-0.15, -0.1) is 0 Å². The van der Waals surface area contributed by atoms with Gasteiger partial charge in [-0.3, -0.25) is 9.59 Å². The third-order valence-electron chi connectivity index (χ3n) is 1.50. The average Bonchev–Trinajstić information content (AvgIpc) is 1.96. The van der Waals surface area contributed by atoms with Gasteiger partial charge in [-0.05, 0) is 12.5 Å². The molecule has 11 heavy (non-hydrogen) atoms. The fraction of sp³-hybridized carbons (Fsp3) is 0.250. The SMILES string of the molecule is CCC1=CC(=O)C=C(O)C1=O. The second-order valence-electron chi connectivity index (χ2n) is 2.28. The highest BCUT2D eigenvalue weighted by Crippen LogP contribution is 2.12. The molecule has 0 aromatic rings. The summed E-state index contributed by atoms with van der Waals surface area (Å²) in [5, 5.41) is 8.90. The van der Waals surface area contributed by atoms with Crippen LogP contribution in [0.25, 0.3) is 0 Å². The lowest BCUT2D eigenvalue weighted by Gasteiger charge is -2.05. The lowest BCUT2D eigenvalue weighted by molar-refractivity contribution is -0.117. The lowest BCUT2D eigenvalue weighted by Crippen LogP contribution is -2.13. The molecular formula is C8H8O3. The van der Waals surface area contributed by atoms with E-state index in [1.807, 2.05) is 0 Å². The highest BCUT2D eigenvalue weighted by Gasteiger charge is 2.18. The molecule has 0 bridgehead atoms. The first-order valence-electron chi connectivity index (χ1n) is 3.35. The van der Waals surface area contributed by atoms with Crippen LogP contribution in [-0.4, -0.2) is 16.7 Å². The highest BCUT2D eigenvalue weighted by molar-refractivity contribution is 6.18. The lowest BCUT2D eigenvalue weighted by atomic mass is 10.0. The van der Waals surface area contributed by atoms with Crippen LogP contribution in [0.15, 0.2) is 23.5 Å². The van der Waals surface area contributed by atoms with Crippen molar-refractivity contribution in [1.82, 2.24) is 0 Å². The van der Waals surface area contributed by atoms with E-state index in [0.29, 0.717) is 12.0 Å². The molecule has 58 valence electrons. The predicted octanol–water partition coefficient (Wildman–Crippen LogP) is 0.917. The smallest absolute Gasteiger partial charge is 0.223 e. The quantitative estimate of drug-likeness (QED) is 0.568. The molecule has 0 fully saturated rings. The molecular weight excluding hydrogens is 144 g/mol. The van der Waals surface area contributed by atoms with Gasteiger partial charge < -0.3 is 5.11 Å². The minimum atomic E-state index is -0.450. The number of allylic oxidation sites excluding steroid dienone is 3. The van der Waals surface area contributed by atoms with Gasteiger partial charge in [0, 0.05) is 11.6 Å². The van der Waals surface area contributed by atoms with E-state index in [-0.39, 0.29) is 5.78 Å². The Hall–Kier alpha value is -1.38. The maximum Gasteiger partial charge on any atom is 0.223 e. The van der Waals surface area contributed by atoms with E-state index in [1.165, 1.54) is 6.08 Å². The van der Waals surface area contributed by atoms with Crippen molar-refractivity contribution >= 4 is 11.6 Å². The summed E-state index contributed by atoms with van der Waals surface area (Å²) in [7, 11) is 0. The van der Waals surface area contributed by atoms with Crippen LogP contribution in [0.5, 0.6) is 0 Å². The molecule has 1 rings (SSSR count). The zero-order valence-corrected chi connectivity index (χ0v) is 6.13. The van der Waals surface area contributed by atoms with Crippen LogP contribution >= 0.6 is 0 Å². The van der Waals surface area contributed by atoms with E-state index in [4.69, 9.17) is 5.11 Å². The van der Waals surface area contributed by atoms with Crippen molar-refractivity contribution in [2.75, 3.05) is 0 Å². The summed E-state index contributed by atoms with van der Waals surface area (Å²) in [6.45, 7) is 1.76. The summed E-state index contributed by atoms with van der Waals surface area (Å²) in [5.41, 5.74) is 0.370. The first-order valence-corrected chi connectivity index (χ1v) is 3.35. The van der Waals surface area contributed by atoms with E-state index in [0.717, 1.165) is 6.08 Å². The second kappa shape index (κ2) is 2.70. The van der Waals surface area contributed by atoms with Crippen molar-refractivity contribution in [2.45, 2.75) is 13.3 Å². The van der Waals surface area contributed by atoms with Crippen LogP contribution in [-0.2, 0) is 9.59 Å². The van der Waals surface area contributed by atoms with Gasteiger partial charge in [-0.1, -0.05) is 6.92 Å². The minimum absolute atomic E-state index is 0.320. The van der Waals surface area contributed by atoms with Gasteiger partial charge in [0.1, 0.15) is 0 Å². The Morgan fingerprint density at radius 2 is 2.00 bits per heavy atom. The van der Waals surface area contributed by atoms with Crippen LogP contribution < -0.4 is 0 Å². The van der Waals surface area contributed by atoms with E-state index in [2.05, 4.69) is 0 Å². The number of aliphatic hydroxyl groups excluding tert-OH is 1. The average molecular weight is 152 g/mol. The predicted molar refractivity (Wildman–Crippen MR) is 39.1 cm³/mol. The molecule has 0 aliphatic heterocycles. The number of carbonyl (C=O) groups excluding carboxylic acids is 2. The Morgan fingerprint density at radius 3 is 2.55 bits per heavy atom. The van der Waals surface area contributed by atoms with Crippen LogP contribution in [0.3, 0.4) is 0 Å². The Morgan fingerprint density at radius 1 is 1.36 bits per heavy atom. The van der Waals surface area contributed by atoms with Crippen LogP contribution in [0.2, 0.25) is 0 Å². The van der Waals surface area contributed by atoms with E-state index in [1.54, 1.807) is 6.92 Å². The van der Waals surface area contributed by atoms with Gasteiger partial charge in [-0.2, -0.15) is 0 Å². The van der Waals surface area contributed by atoms with Crippen LogP contribution in [0.4, 0.5) is 0 Å². The van der Waals surface area contributed by atoms with Gasteiger partial charge in [0.25, 0.3) is 0 Å². The third-order valence-corrected chi connectivity index (χ3v) is 1.50. The fourth-order valence-electron chi connectivity index (χ4n) is 0.906. The normalized spacial score (nSPS) is 17.9. The van der Waals surface area contributed by atoms with Gasteiger partial charge in [0.05, 0.1) is 0 Å². The number of Topliss-reactive ketones (excluding diaryl/α,β-unsaturated/α-hetero) is 1. The first kappa shape index (κ1) is 7.72. The molecule has 1 aliphatic carbocycles. The van der Waals surface area contributed by atoms with E-state index >= 15 is 0 Å². The summed E-state index contributed by atoms with van der Waals surface area (Å²) in [5.74, 6) is -1.21. The number of rotatable bonds is 1. The molecule has 0 atom stereocenters. The largest absolute Gasteiger partial charge is 0.504 e. The van der Waals surface area contributed by atoms with E-state index in [9.17, 15) is 9.59 Å². The summed E-state index contributed by atoms with van der Waals surface area (Å²) in [6.07, 6.45) is 2.66. The Balaban J connectivity index is 3.00. The molecule has 0 saturated heterocycles. The summed E-state index contributed by atoms with van der Waals surface area (Å²) < 4.78 is 0.